The highest BCUT2D eigenvalue weighted by atomic mass is 32.1. The lowest BCUT2D eigenvalue weighted by molar-refractivity contribution is 0.164. The molecule has 0 saturated heterocycles. The number of pyridine rings is 1. The summed E-state index contributed by atoms with van der Waals surface area (Å²) in [4.78, 5) is 4.32. The van der Waals surface area contributed by atoms with E-state index < -0.39 is 0 Å². The topological polar surface area (TPSA) is 33.1 Å². The van der Waals surface area contributed by atoms with E-state index in [-0.39, 0.29) is 6.10 Å². The Balaban J connectivity index is 2.19. The number of rotatable bonds is 4. The van der Waals surface area contributed by atoms with Crippen LogP contribution in [-0.2, 0) is 0 Å². The highest BCUT2D eigenvalue weighted by molar-refractivity contribution is 7.17. The summed E-state index contributed by atoms with van der Waals surface area (Å²) >= 11 is 1.67. The van der Waals surface area contributed by atoms with Crippen molar-refractivity contribution in [3.63, 3.8) is 0 Å². The summed E-state index contributed by atoms with van der Waals surface area (Å²) in [6, 6.07) is 4.05. The van der Waals surface area contributed by atoms with Crippen LogP contribution in [-0.4, -0.2) is 10.1 Å². The van der Waals surface area contributed by atoms with Crippen LogP contribution in [0.1, 0.15) is 37.9 Å². The van der Waals surface area contributed by atoms with Crippen molar-refractivity contribution in [2.75, 3.05) is 0 Å². The van der Waals surface area contributed by atoms with Crippen LogP contribution in [0, 0.1) is 0 Å². The molecule has 2 aromatic rings. The lowest BCUT2D eigenvalue weighted by Crippen LogP contribution is -1.97. The Bertz CT molecular complexity index is 438. The van der Waals surface area contributed by atoms with E-state index in [1.807, 2.05) is 17.5 Å². The molecule has 0 saturated carbocycles. The normalized spacial score (nSPS) is 13.2. The van der Waals surface area contributed by atoms with Crippen molar-refractivity contribution in [2.45, 2.75) is 32.3 Å². The molecule has 0 aliphatic rings. The number of hydrogen-bond donors (Lipinski definition) is 1. The predicted octanol–water partition coefficient (Wildman–Crippen LogP) is 3.52. The number of nitrogens with zero attached hydrogens (tertiary/aromatic N) is 1. The van der Waals surface area contributed by atoms with Gasteiger partial charge in [-0.15, -0.1) is 11.3 Å². The molecule has 3 heteroatoms. The largest absolute Gasteiger partial charge is 0.388 e. The van der Waals surface area contributed by atoms with E-state index in [9.17, 15) is 5.11 Å². The maximum Gasteiger partial charge on any atom is 0.0809 e. The van der Waals surface area contributed by atoms with Crippen LogP contribution in [0.15, 0.2) is 23.7 Å². The molecule has 2 nitrogen and oxygen atoms in total. The van der Waals surface area contributed by atoms with Gasteiger partial charge in [0.25, 0.3) is 0 Å². The molecule has 2 rings (SSSR count). The summed E-state index contributed by atoms with van der Waals surface area (Å²) in [6.07, 6.45) is 4.43. The van der Waals surface area contributed by atoms with E-state index in [1.165, 1.54) is 0 Å². The fourth-order valence-corrected chi connectivity index (χ4v) is 2.40. The minimum Gasteiger partial charge on any atom is -0.388 e. The van der Waals surface area contributed by atoms with E-state index in [0.29, 0.717) is 0 Å². The monoisotopic (exact) mass is 221 g/mol. The van der Waals surface area contributed by atoms with Gasteiger partial charge in [-0.3, -0.25) is 4.98 Å². The molecular weight excluding hydrogens is 206 g/mol. The third kappa shape index (κ3) is 2.36. The number of aliphatic hydroxyl groups is 1. The van der Waals surface area contributed by atoms with Gasteiger partial charge < -0.3 is 5.11 Å². The van der Waals surface area contributed by atoms with E-state index in [4.69, 9.17) is 0 Å². The molecule has 0 aliphatic carbocycles. The summed E-state index contributed by atoms with van der Waals surface area (Å²) in [5, 5.41) is 11.9. The first-order chi connectivity index (χ1) is 7.31. The first-order valence-electron chi connectivity index (χ1n) is 5.32. The number of fused-ring (bicyclic) bond motifs is 1. The van der Waals surface area contributed by atoms with Gasteiger partial charge in [0.1, 0.15) is 0 Å². The number of unbranched alkanes of at least 4 members (excludes halogenated alkanes) is 1. The number of aliphatic hydroxyl groups excluding tert-OH is 1. The van der Waals surface area contributed by atoms with Crippen LogP contribution in [0.2, 0.25) is 0 Å². The third-order valence-corrected chi connectivity index (χ3v) is 3.39. The van der Waals surface area contributed by atoms with Gasteiger partial charge in [0.05, 0.1) is 16.3 Å². The molecule has 1 N–H and O–H groups in total. The second-order valence-electron chi connectivity index (χ2n) is 3.73. The summed E-state index contributed by atoms with van der Waals surface area (Å²) in [6.45, 7) is 2.13. The van der Waals surface area contributed by atoms with Gasteiger partial charge in [0, 0.05) is 11.8 Å². The molecule has 0 radical (unpaired) electrons. The van der Waals surface area contributed by atoms with Gasteiger partial charge in [0.15, 0.2) is 0 Å². The van der Waals surface area contributed by atoms with Crippen LogP contribution in [0.5, 0.6) is 0 Å². The minimum absolute atomic E-state index is 0.357. The lowest BCUT2D eigenvalue weighted by Gasteiger charge is -2.09. The number of aromatic nitrogens is 1. The number of thiophene rings is 1. The fourth-order valence-electron chi connectivity index (χ4n) is 1.61. The van der Waals surface area contributed by atoms with E-state index in [1.54, 1.807) is 17.5 Å². The van der Waals surface area contributed by atoms with Crippen molar-refractivity contribution in [3.8, 4) is 0 Å². The SMILES string of the molecule is CCCCC(O)c1cnc2ccsc2c1. The van der Waals surface area contributed by atoms with Crippen LogP contribution in [0.4, 0.5) is 0 Å². The predicted molar refractivity (Wildman–Crippen MR) is 64.1 cm³/mol. The van der Waals surface area contributed by atoms with Crippen LogP contribution < -0.4 is 0 Å². The summed E-state index contributed by atoms with van der Waals surface area (Å²) in [7, 11) is 0. The van der Waals surface area contributed by atoms with Crippen LogP contribution in [0.25, 0.3) is 10.2 Å². The van der Waals surface area contributed by atoms with Crippen molar-refractivity contribution in [2.24, 2.45) is 0 Å². The zero-order valence-electron chi connectivity index (χ0n) is 8.81. The van der Waals surface area contributed by atoms with Gasteiger partial charge in [-0.2, -0.15) is 0 Å². The Kier molecular flexibility index (Phi) is 3.34. The van der Waals surface area contributed by atoms with Crippen molar-refractivity contribution >= 4 is 21.6 Å². The number of hydrogen-bond acceptors (Lipinski definition) is 3. The molecule has 2 aromatic heterocycles. The Morgan fingerprint density at radius 1 is 1.53 bits per heavy atom. The van der Waals surface area contributed by atoms with E-state index in [0.717, 1.165) is 35.0 Å². The molecule has 0 amide bonds. The molecule has 2 heterocycles. The van der Waals surface area contributed by atoms with Crippen LogP contribution >= 0.6 is 11.3 Å². The van der Waals surface area contributed by atoms with Gasteiger partial charge in [-0.05, 0) is 23.9 Å². The van der Waals surface area contributed by atoms with Crippen molar-refractivity contribution in [1.82, 2.24) is 4.98 Å². The Morgan fingerprint density at radius 2 is 2.40 bits per heavy atom. The zero-order valence-corrected chi connectivity index (χ0v) is 9.63. The second-order valence-corrected chi connectivity index (χ2v) is 4.68. The average Bonchev–Trinajstić information content (AvgIpc) is 2.72. The maximum absolute atomic E-state index is 9.91. The van der Waals surface area contributed by atoms with Crippen molar-refractivity contribution < 1.29 is 5.11 Å². The molecule has 0 fully saturated rings. The van der Waals surface area contributed by atoms with Gasteiger partial charge in [0.2, 0.25) is 0 Å². The van der Waals surface area contributed by atoms with Gasteiger partial charge in [-0.1, -0.05) is 19.8 Å². The van der Waals surface area contributed by atoms with Gasteiger partial charge >= 0.3 is 0 Å². The standard InChI is InChI=1S/C12H15NOS/c1-2-3-4-11(14)9-7-12-10(13-8-9)5-6-15-12/h5-8,11,14H,2-4H2,1H3. The van der Waals surface area contributed by atoms with E-state index in [2.05, 4.69) is 11.9 Å². The third-order valence-electron chi connectivity index (χ3n) is 2.54. The highest BCUT2D eigenvalue weighted by Crippen LogP contribution is 2.24. The second kappa shape index (κ2) is 4.73. The van der Waals surface area contributed by atoms with Crippen molar-refractivity contribution in [1.29, 1.82) is 0 Å². The van der Waals surface area contributed by atoms with E-state index >= 15 is 0 Å². The average molecular weight is 221 g/mol. The Hall–Kier alpha value is -0.930. The molecule has 0 aliphatic heterocycles. The first kappa shape index (κ1) is 10.6. The molecule has 1 unspecified atom stereocenters. The first-order valence-corrected chi connectivity index (χ1v) is 6.20. The van der Waals surface area contributed by atoms with Gasteiger partial charge in [-0.25, -0.2) is 0 Å². The van der Waals surface area contributed by atoms with Crippen molar-refractivity contribution in [3.05, 3.63) is 29.3 Å². The Labute approximate surface area is 93.6 Å². The molecular formula is C12H15NOS. The molecule has 15 heavy (non-hydrogen) atoms. The smallest absolute Gasteiger partial charge is 0.0809 e. The summed E-state index contributed by atoms with van der Waals surface area (Å²) in [5.41, 5.74) is 1.96. The molecule has 0 bridgehead atoms. The molecule has 80 valence electrons. The summed E-state index contributed by atoms with van der Waals surface area (Å²) < 4.78 is 1.16. The maximum atomic E-state index is 9.91. The zero-order chi connectivity index (χ0) is 10.7. The Morgan fingerprint density at radius 3 is 3.20 bits per heavy atom. The summed E-state index contributed by atoms with van der Waals surface area (Å²) in [5.74, 6) is 0. The van der Waals surface area contributed by atoms with Crippen LogP contribution in [0.3, 0.4) is 0 Å². The fraction of sp³-hybridized carbons (Fsp3) is 0.417. The molecule has 0 spiro atoms. The highest BCUT2D eigenvalue weighted by Gasteiger charge is 2.08. The molecule has 0 aromatic carbocycles. The molecule has 1 atom stereocenters. The quantitative estimate of drug-likeness (QED) is 0.857. The minimum atomic E-state index is -0.357. The lowest BCUT2D eigenvalue weighted by atomic mass is 10.1.